The van der Waals surface area contributed by atoms with E-state index in [0.29, 0.717) is 37.7 Å². The van der Waals surface area contributed by atoms with E-state index >= 15 is 0 Å². The minimum Gasteiger partial charge on any atom is -0.487 e. The molecule has 4 N–H and O–H groups in total. The molecule has 102 valence electrons. The molecule has 2 unspecified atom stereocenters. The average Bonchev–Trinajstić information content (AvgIpc) is 2.84. The number of nitrogens with one attached hydrogen (secondary N) is 1. The maximum absolute atomic E-state index is 10.4. The van der Waals surface area contributed by atoms with Gasteiger partial charge in [-0.1, -0.05) is 0 Å². The van der Waals surface area contributed by atoms with Crippen molar-refractivity contribution < 1.29 is 14.6 Å². The summed E-state index contributed by atoms with van der Waals surface area (Å²) in [7, 11) is 0. The van der Waals surface area contributed by atoms with Gasteiger partial charge in [0.15, 0.2) is 16.6 Å². The molecule has 0 amide bonds. The molecule has 18 heavy (non-hydrogen) atoms. The Morgan fingerprint density at radius 3 is 3.11 bits per heavy atom. The molecule has 1 saturated heterocycles. The molecule has 7 heteroatoms. The van der Waals surface area contributed by atoms with E-state index < -0.39 is 5.60 Å². The molecule has 0 radical (unpaired) electrons. The Hall–Kier alpha value is -1.05. The summed E-state index contributed by atoms with van der Waals surface area (Å²) in [6, 6.07) is 0. The zero-order valence-corrected chi connectivity index (χ0v) is 11.4. The summed E-state index contributed by atoms with van der Waals surface area (Å²) >= 11 is 1.24. The SMILES string of the molecule is CCOc1c(N)nsc1NCC1(O)CCOC1C. The largest absolute Gasteiger partial charge is 0.487 e. The third-order valence-corrected chi connectivity index (χ3v) is 3.98. The van der Waals surface area contributed by atoms with E-state index in [1.54, 1.807) is 0 Å². The summed E-state index contributed by atoms with van der Waals surface area (Å²) in [5.41, 5.74) is 4.87. The Balaban J connectivity index is 2.02. The molecule has 1 aliphatic heterocycles. The molecule has 1 fully saturated rings. The van der Waals surface area contributed by atoms with Crippen molar-refractivity contribution in [2.45, 2.75) is 32.0 Å². The second-order valence-corrected chi connectivity index (χ2v) is 5.15. The molecule has 0 aromatic carbocycles. The number of hydrogen-bond donors (Lipinski definition) is 3. The van der Waals surface area contributed by atoms with Gasteiger partial charge < -0.3 is 25.6 Å². The smallest absolute Gasteiger partial charge is 0.197 e. The molecule has 2 atom stereocenters. The van der Waals surface area contributed by atoms with Gasteiger partial charge in [0.25, 0.3) is 0 Å². The molecule has 0 aliphatic carbocycles. The topological polar surface area (TPSA) is 89.6 Å². The Morgan fingerprint density at radius 1 is 1.72 bits per heavy atom. The first-order valence-corrected chi connectivity index (χ1v) is 6.80. The molecule has 2 heterocycles. The fraction of sp³-hybridized carbons (Fsp3) is 0.727. The van der Waals surface area contributed by atoms with Gasteiger partial charge in [-0.15, -0.1) is 0 Å². The Labute approximate surface area is 110 Å². The highest BCUT2D eigenvalue weighted by Crippen LogP contribution is 2.36. The van der Waals surface area contributed by atoms with Crippen LogP contribution in [0.3, 0.4) is 0 Å². The van der Waals surface area contributed by atoms with E-state index in [-0.39, 0.29) is 6.10 Å². The molecule has 6 nitrogen and oxygen atoms in total. The van der Waals surface area contributed by atoms with Crippen LogP contribution in [0.15, 0.2) is 0 Å². The van der Waals surface area contributed by atoms with Crippen LogP contribution in [0.1, 0.15) is 20.3 Å². The monoisotopic (exact) mass is 273 g/mol. The summed E-state index contributed by atoms with van der Waals surface area (Å²) in [6.07, 6.45) is 0.449. The van der Waals surface area contributed by atoms with Crippen LogP contribution in [0.4, 0.5) is 10.8 Å². The van der Waals surface area contributed by atoms with E-state index in [1.807, 2.05) is 13.8 Å². The summed E-state index contributed by atoms with van der Waals surface area (Å²) in [5.74, 6) is 0.949. The van der Waals surface area contributed by atoms with Crippen LogP contribution in [-0.2, 0) is 4.74 Å². The van der Waals surface area contributed by atoms with Crippen LogP contribution in [-0.4, -0.2) is 40.9 Å². The maximum atomic E-state index is 10.4. The first-order chi connectivity index (χ1) is 8.57. The summed E-state index contributed by atoms with van der Waals surface area (Å²) in [4.78, 5) is 0. The average molecular weight is 273 g/mol. The molecular formula is C11H19N3O3S. The number of aromatic nitrogens is 1. The number of ether oxygens (including phenoxy) is 2. The summed E-state index contributed by atoms with van der Waals surface area (Å²) in [6.45, 7) is 5.28. The van der Waals surface area contributed by atoms with Gasteiger partial charge in [-0.05, 0) is 25.4 Å². The first-order valence-electron chi connectivity index (χ1n) is 6.02. The van der Waals surface area contributed by atoms with E-state index in [4.69, 9.17) is 15.2 Å². The lowest BCUT2D eigenvalue weighted by molar-refractivity contribution is -0.0175. The highest BCUT2D eigenvalue weighted by Gasteiger charge is 2.39. The maximum Gasteiger partial charge on any atom is 0.197 e. The predicted molar refractivity (Wildman–Crippen MR) is 71.2 cm³/mol. The minimum atomic E-state index is -0.845. The molecular weight excluding hydrogens is 254 g/mol. The second kappa shape index (κ2) is 5.29. The first kappa shape index (κ1) is 13.4. The van der Waals surface area contributed by atoms with Crippen LogP contribution in [0, 0.1) is 0 Å². The van der Waals surface area contributed by atoms with Crippen LogP contribution in [0.2, 0.25) is 0 Å². The van der Waals surface area contributed by atoms with Gasteiger partial charge in [0.2, 0.25) is 0 Å². The highest BCUT2D eigenvalue weighted by molar-refractivity contribution is 7.11. The molecule has 2 rings (SSSR count). The third-order valence-electron chi connectivity index (χ3n) is 3.18. The van der Waals surface area contributed by atoms with Crippen LogP contribution in [0.5, 0.6) is 5.75 Å². The summed E-state index contributed by atoms with van der Waals surface area (Å²) in [5, 5.41) is 14.3. The predicted octanol–water partition coefficient (Wildman–Crippen LogP) is 1.08. The van der Waals surface area contributed by atoms with Crippen LogP contribution < -0.4 is 15.8 Å². The minimum absolute atomic E-state index is 0.175. The molecule has 1 aromatic heterocycles. The van der Waals surface area contributed by atoms with Crippen molar-refractivity contribution in [2.24, 2.45) is 0 Å². The Morgan fingerprint density at radius 2 is 2.50 bits per heavy atom. The van der Waals surface area contributed by atoms with Gasteiger partial charge in [0, 0.05) is 19.6 Å². The van der Waals surface area contributed by atoms with Crippen molar-refractivity contribution >= 4 is 22.4 Å². The van der Waals surface area contributed by atoms with Gasteiger partial charge in [0.05, 0.1) is 12.7 Å². The number of aliphatic hydroxyl groups is 1. The van der Waals surface area contributed by atoms with Crippen molar-refractivity contribution in [1.29, 1.82) is 0 Å². The highest BCUT2D eigenvalue weighted by atomic mass is 32.1. The number of nitrogen functional groups attached to an aromatic ring is 1. The second-order valence-electron chi connectivity index (χ2n) is 4.38. The number of nitrogens with two attached hydrogens (primary N) is 1. The van der Waals surface area contributed by atoms with Crippen molar-refractivity contribution in [3.8, 4) is 5.75 Å². The zero-order chi connectivity index (χ0) is 13.2. The lowest BCUT2D eigenvalue weighted by Gasteiger charge is -2.26. The number of anilines is 2. The normalized spacial score (nSPS) is 27.4. The summed E-state index contributed by atoms with van der Waals surface area (Å²) < 4.78 is 14.9. The van der Waals surface area contributed by atoms with Gasteiger partial charge >= 0.3 is 0 Å². The van der Waals surface area contributed by atoms with Crippen LogP contribution in [0.25, 0.3) is 0 Å². The third kappa shape index (κ3) is 2.52. The van der Waals surface area contributed by atoms with E-state index in [1.165, 1.54) is 11.5 Å². The van der Waals surface area contributed by atoms with Gasteiger partial charge in [0.1, 0.15) is 5.60 Å². The number of hydrogen-bond acceptors (Lipinski definition) is 7. The van der Waals surface area contributed by atoms with Crippen molar-refractivity contribution in [3.05, 3.63) is 0 Å². The van der Waals surface area contributed by atoms with E-state index in [9.17, 15) is 5.11 Å². The van der Waals surface area contributed by atoms with Crippen molar-refractivity contribution in [1.82, 2.24) is 4.37 Å². The Bertz CT molecular complexity index is 412. The molecule has 0 spiro atoms. The standard InChI is InChI=1S/C11H19N3O3S/c1-3-16-8-9(12)14-18-10(8)13-6-11(15)4-5-17-7(11)2/h7,13,15H,3-6H2,1-2H3,(H2,12,14). The lowest BCUT2D eigenvalue weighted by atomic mass is 9.97. The lowest BCUT2D eigenvalue weighted by Crippen LogP contribution is -2.42. The number of rotatable bonds is 5. The molecule has 1 aromatic rings. The van der Waals surface area contributed by atoms with Crippen molar-refractivity contribution in [3.63, 3.8) is 0 Å². The van der Waals surface area contributed by atoms with Crippen LogP contribution >= 0.6 is 11.5 Å². The van der Waals surface area contributed by atoms with Gasteiger partial charge in [-0.2, -0.15) is 4.37 Å². The quantitative estimate of drug-likeness (QED) is 0.743. The van der Waals surface area contributed by atoms with E-state index in [2.05, 4.69) is 9.69 Å². The fourth-order valence-corrected chi connectivity index (χ4v) is 2.58. The van der Waals surface area contributed by atoms with Crippen molar-refractivity contribution in [2.75, 3.05) is 30.8 Å². The van der Waals surface area contributed by atoms with Gasteiger partial charge in [-0.25, -0.2) is 0 Å². The number of nitrogens with zero attached hydrogens (tertiary/aromatic N) is 1. The molecule has 0 bridgehead atoms. The molecule has 0 saturated carbocycles. The Kier molecular flexibility index (Phi) is 3.94. The van der Waals surface area contributed by atoms with Gasteiger partial charge in [-0.3, -0.25) is 0 Å². The zero-order valence-electron chi connectivity index (χ0n) is 10.6. The fourth-order valence-electron chi connectivity index (χ4n) is 1.93. The van der Waals surface area contributed by atoms with E-state index in [0.717, 1.165) is 5.00 Å². The molecule has 1 aliphatic rings.